The highest BCUT2D eigenvalue weighted by atomic mass is 35.5. The Bertz CT molecular complexity index is 968. The number of aromatic nitrogens is 2. The van der Waals surface area contributed by atoms with Gasteiger partial charge in [-0.3, -0.25) is 14.9 Å². The van der Waals surface area contributed by atoms with E-state index in [1.54, 1.807) is 24.4 Å². The summed E-state index contributed by atoms with van der Waals surface area (Å²) in [5.74, 6) is 0. The van der Waals surface area contributed by atoms with Gasteiger partial charge in [0.15, 0.2) is 0 Å². The van der Waals surface area contributed by atoms with Gasteiger partial charge in [-0.25, -0.2) is 4.68 Å². The maximum Gasteiger partial charge on any atom is 0.280 e. The normalized spacial score (nSPS) is 11.3. The van der Waals surface area contributed by atoms with E-state index in [1.807, 2.05) is 38.1 Å². The molecular formula is C18H17ClN4O. The predicted molar refractivity (Wildman–Crippen MR) is 99.0 cm³/mol. The molecule has 0 spiro atoms. The molecule has 3 N–H and O–H groups in total. The van der Waals surface area contributed by atoms with Crippen molar-refractivity contribution in [2.24, 2.45) is 4.99 Å². The fourth-order valence-electron chi connectivity index (χ4n) is 2.34. The number of nitrogens with zero attached hydrogens (tertiary/aromatic N) is 2. The highest BCUT2D eigenvalue weighted by Crippen LogP contribution is 2.24. The van der Waals surface area contributed by atoms with E-state index in [2.05, 4.69) is 10.1 Å². The van der Waals surface area contributed by atoms with Crippen molar-refractivity contribution in [2.75, 3.05) is 5.73 Å². The van der Waals surface area contributed by atoms with Gasteiger partial charge in [0.05, 0.1) is 27.6 Å². The molecule has 5 nitrogen and oxygen atoms in total. The van der Waals surface area contributed by atoms with Crippen LogP contribution in [0.1, 0.15) is 16.8 Å². The summed E-state index contributed by atoms with van der Waals surface area (Å²) >= 11 is 5.90. The molecule has 122 valence electrons. The van der Waals surface area contributed by atoms with E-state index in [-0.39, 0.29) is 5.56 Å². The third-order valence-electron chi connectivity index (χ3n) is 3.73. The molecule has 6 heteroatoms. The highest BCUT2D eigenvalue weighted by molar-refractivity contribution is 6.33. The zero-order chi connectivity index (χ0) is 17.3. The summed E-state index contributed by atoms with van der Waals surface area (Å²) in [6.45, 7) is 3.84. The molecule has 0 atom stereocenters. The maximum absolute atomic E-state index is 12.6. The fraction of sp³-hybridized carbons (Fsp3) is 0.111. The standard InChI is InChI=1S/C18H17ClN4O/c1-11-3-6-14(7-4-11)23-18(24)15(12(2)22-23)10-21-13-5-8-16(19)17(20)9-13/h3-10,22H,20H2,1-2H3. The van der Waals surface area contributed by atoms with Gasteiger partial charge in [0.1, 0.15) is 0 Å². The van der Waals surface area contributed by atoms with Crippen LogP contribution in [0.3, 0.4) is 0 Å². The molecule has 0 fully saturated rings. The number of aromatic amines is 1. The summed E-state index contributed by atoms with van der Waals surface area (Å²) in [7, 11) is 0. The molecule has 24 heavy (non-hydrogen) atoms. The van der Waals surface area contributed by atoms with Crippen molar-refractivity contribution in [3.63, 3.8) is 0 Å². The first-order valence-electron chi connectivity index (χ1n) is 7.43. The molecule has 0 aliphatic carbocycles. The van der Waals surface area contributed by atoms with Crippen LogP contribution in [0.25, 0.3) is 5.69 Å². The molecule has 0 aliphatic heterocycles. The Balaban J connectivity index is 1.97. The Morgan fingerprint density at radius 2 is 1.88 bits per heavy atom. The van der Waals surface area contributed by atoms with E-state index in [1.165, 1.54) is 4.68 Å². The minimum absolute atomic E-state index is 0.151. The molecule has 0 aliphatic rings. The monoisotopic (exact) mass is 340 g/mol. The van der Waals surface area contributed by atoms with E-state index in [0.29, 0.717) is 22.0 Å². The number of nitrogen functional groups attached to an aromatic ring is 1. The second-order valence-electron chi connectivity index (χ2n) is 5.59. The number of rotatable bonds is 3. The minimum Gasteiger partial charge on any atom is -0.397 e. The molecule has 0 unspecified atom stereocenters. The van der Waals surface area contributed by atoms with Crippen LogP contribution in [0.2, 0.25) is 5.02 Å². The van der Waals surface area contributed by atoms with E-state index >= 15 is 0 Å². The average Bonchev–Trinajstić information content (AvgIpc) is 2.84. The molecule has 0 radical (unpaired) electrons. The number of halogens is 1. The van der Waals surface area contributed by atoms with Gasteiger partial charge in [0.25, 0.3) is 5.56 Å². The number of aryl methyl sites for hydroxylation is 2. The van der Waals surface area contributed by atoms with Gasteiger partial charge in [0, 0.05) is 11.9 Å². The van der Waals surface area contributed by atoms with E-state index in [4.69, 9.17) is 17.3 Å². The number of hydrogen-bond acceptors (Lipinski definition) is 3. The molecule has 0 amide bonds. The van der Waals surface area contributed by atoms with E-state index < -0.39 is 0 Å². The number of hydrogen-bond donors (Lipinski definition) is 2. The maximum atomic E-state index is 12.6. The third-order valence-corrected chi connectivity index (χ3v) is 4.08. The first-order chi connectivity index (χ1) is 11.5. The number of nitrogens with two attached hydrogens (primary N) is 1. The lowest BCUT2D eigenvalue weighted by atomic mass is 10.2. The second-order valence-corrected chi connectivity index (χ2v) is 6.00. The Hall–Kier alpha value is -2.79. The average molecular weight is 341 g/mol. The Labute approximate surface area is 144 Å². The number of anilines is 1. The Kier molecular flexibility index (Phi) is 4.27. The van der Waals surface area contributed by atoms with Gasteiger partial charge in [-0.15, -0.1) is 0 Å². The summed E-state index contributed by atoms with van der Waals surface area (Å²) in [5, 5.41) is 3.55. The van der Waals surface area contributed by atoms with Gasteiger partial charge in [0.2, 0.25) is 0 Å². The number of benzene rings is 2. The third kappa shape index (κ3) is 3.12. The van der Waals surface area contributed by atoms with Crippen molar-refractivity contribution in [3.8, 4) is 5.69 Å². The van der Waals surface area contributed by atoms with Crippen LogP contribution in [-0.4, -0.2) is 16.0 Å². The Morgan fingerprint density at radius 3 is 2.54 bits per heavy atom. The molecule has 0 saturated heterocycles. The molecule has 1 heterocycles. The topological polar surface area (TPSA) is 76.2 Å². The molecule has 0 bridgehead atoms. The van der Waals surface area contributed by atoms with Gasteiger partial charge >= 0.3 is 0 Å². The smallest absolute Gasteiger partial charge is 0.280 e. The van der Waals surface area contributed by atoms with Gasteiger partial charge in [-0.2, -0.15) is 0 Å². The summed E-state index contributed by atoms with van der Waals surface area (Å²) in [6.07, 6.45) is 1.54. The van der Waals surface area contributed by atoms with Crippen molar-refractivity contribution in [2.45, 2.75) is 13.8 Å². The molecule has 1 aromatic heterocycles. The molecule has 3 rings (SSSR count). The highest BCUT2D eigenvalue weighted by Gasteiger charge is 2.10. The largest absolute Gasteiger partial charge is 0.397 e. The zero-order valence-electron chi connectivity index (χ0n) is 13.4. The van der Waals surface area contributed by atoms with Crippen LogP contribution in [0.15, 0.2) is 52.3 Å². The lowest BCUT2D eigenvalue weighted by molar-refractivity contribution is 0.835. The molecule has 0 saturated carbocycles. The fourth-order valence-corrected chi connectivity index (χ4v) is 2.46. The second kappa shape index (κ2) is 6.37. The lowest BCUT2D eigenvalue weighted by Crippen LogP contribution is -2.17. The number of H-pyrrole nitrogens is 1. The van der Waals surface area contributed by atoms with Crippen molar-refractivity contribution in [1.29, 1.82) is 0 Å². The molecule has 3 aromatic rings. The number of nitrogens with one attached hydrogen (secondary N) is 1. The van der Waals surface area contributed by atoms with E-state index in [9.17, 15) is 4.79 Å². The summed E-state index contributed by atoms with van der Waals surface area (Å²) in [4.78, 5) is 16.9. The Morgan fingerprint density at radius 1 is 1.17 bits per heavy atom. The minimum atomic E-state index is -0.151. The summed E-state index contributed by atoms with van der Waals surface area (Å²) in [5.41, 5.74) is 9.87. The van der Waals surface area contributed by atoms with Crippen LogP contribution in [0.5, 0.6) is 0 Å². The van der Waals surface area contributed by atoms with Gasteiger partial charge < -0.3 is 5.73 Å². The number of aliphatic imine (C=N–C) groups is 1. The van der Waals surface area contributed by atoms with Crippen molar-refractivity contribution < 1.29 is 0 Å². The van der Waals surface area contributed by atoms with Crippen molar-refractivity contribution in [1.82, 2.24) is 9.78 Å². The quantitative estimate of drug-likeness (QED) is 0.562. The first-order valence-corrected chi connectivity index (χ1v) is 7.81. The van der Waals surface area contributed by atoms with Crippen molar-refractivity contribution in [3.05, 3.63) is 74.7 Å². The van der Waals surface area contributed by atoms with Crippen LogP contribution in [-0.2, 0) is 0 Å². The van der Waals surface area contributed by atoms with Crippen LogP contribution >= 0.6 is 11.6 Å². The lowest BCUT2D eigenvalue weighted by Gasteiger charge is -2.01. The summed E-state index contributed by atoms with van der Waals surface area (Å²) < 4.78 is 1.51. The molecular weight excluding hydrogens is 324 g/mol. The first kappa shape index (κ1) is 16.1. The van der Waals surface area contributed by atoms with Crippen LogP contribution in [0.4, 0.5) is 11.4 Å². The van der Waals surface area contributed by atoms with E-state index in [0.717, 1.165) is 16.9 Å². The van der Waals surface area contributed by atoms with Crippen LogP contribution in [0, 0.1) is 13.8 Å². The van der Waals surface area contributed by atoms with Gasteiger partial charge in [-0.1, -0.05) is 29.3 Å². The van der Waals surface area contributed by atoms with Crippen molar-refractivity contribution >= 4 is 29.2 Å². The zero-order valence-corrected chi connectivity index (χ0v) is 14.1. The van der Waals surface area contributed by atoms with Gasteiger partial charge in [-0.05, 0) is 44.2 Å². The SMILES string of the molecule is Cc1ccc(-n2[nH]c(C)c(C=Nc3ccc(Cl)c(N)c3)c2=O)cc1. The summed E-state index contributed by atoms with van der Waals surface area (Å²) in [6, 6.07) is 12.8. The molecule has 2 aromatic carbocycles. The predicted octanol–water partition coefficient (Wildman–Crippen LogP) is 3.77. The van der Waals surface area contributed by atoms with Crippen LogP contribution < -0.4 is 11.3 Å².